The molecule has 1 aliphatic rings. The summed E-state index contributed by atoms with van der Waals surface area (Å²) in [7, 11) is 0. The zero-order valence-corrected chi connectivity index (χ0v) is 11.7. The quantitative estimate of drug-likeness (QED) is 0.754. The molecule has 2 unspecified atom stereocenters. The van der Waals surface area contributed by atoms with E-state index in [2.05, 4.69) is 11.9 Å². The second kappa shape index (κ2) is 6.51. The van der Waals surface area contributed by atoms with Crippen LogP contribution in [0.1, 0.15) is 30.7 Å². The molecule has 1 aliphatic carbocycles. The molecule has 104 valence electrons. The van der Waals surface area contributed by atoms with Crippen LogP contribution in [0.3, 0.4) is 0 Å². The van der Waals surface area contributed by atoms with Crippen LogP contribution in [-0.2, 0) is 0 Å². The Labute approximate surface area is 118 Å². The van der Waals surface area contributed by atoms with Gasteiger partial charge >= 0.3 is 0 Å². The molecule has 2 atom stereocenters. The first kappa shape index (κ1) is 14.5. The van der Waals surface area contributed by atoms with Gasteiger partial charge in [0.15, 0.2) is 0 Å². The Balaban J connectivity index is 2.12. The summed E-state index contributed by atoms with van der Waals surface area (Å²) in [5, 5.41) is 3.53. The highest BCUT2D eigenvalue weighted by Crippen LogP contribution is 2.29. The van der Waals surface area contributed by atoms with Gasteiger partial charge in [-0.1, -0.05) is 29.8 Å². The molecule has 2 rings (SSSR count). The van der Waals surface area contributed by atoms with Gasteiger partial charge in [-0.25, -0.2) is 4.39 Å². The van der Waals surface area contributed by atoms with Crippen molar-refractivity contribution >= 4 is 11.6 Å². The van der Waals surface area contributed by atoms with E-state index in [1.807, 2.05) is 0 Å². The number of nitrogens with two attached hydrogens (primary N) is 1. The normalized spacial score (nSPS) is 18.1. The minimum absolute atomic E-state index is 0.0950. The molecule has 19 heavy (non-hydrogen) atoms. The zero-order chi connectivity index (χ0) is 13.8. The lowest BCUT2D eigenvalue weighted by atomic mass is 9.88. The van der Waals surface area contributed by atoms with Crippen molar-refractivity contribution in [2.75, 3.05) is 6.54 Å². The minimum atomic E-state index is -0.363. The molecule has 0 amide bonds. The molecular formula is C15H20ClFN2. The van der Waals surface area contributed by atoms with E-state index in [9.17, 15) is 4.39 Å². The first-order chi connectivity index (χ1) is 9.13. The molecule has 3 N–H and O–H groups in total. The average Bonchev–Trinajstić information content (AvgIpc) is 3.21. The molecule has 0 saturated heterocycles. The van der Waals surface area contributed by atoms with Gasteiger partial charge in [0.1, 0.15) is 5.82 Å². The summed E-state index contributed by atoms with van der Waals surface area (Å²) in [6.45, 7) is 4.43. The van der Waals surface area contributed by atoms with Crippen LogP contribution in [0.25, 0.3) is 0 Å². The Bertz CT molecular complexity index is 446. The molecule has 2 nitrogen and oxygen atoms in total. The Morgan fingerprint density at radius 3 is 2.89 bits per heavy atom. The van der Waals surface area contributed by atoms with Gasteiger partial charge in [-0.15, -0.1) is 6.58 Å². The number of benzene rings is 1. The predicted molar refractivity (Wildman–Crippen MR) is 78.0 cm³/mol. The van der Waals surface area contributed by atoms with Gasteiger partial charge in [-0.05, 0) is 30.9 Å². The molecule has 1 fully saturated rings. The van der Waals surface area contributed by atoms with E-state index in [1.165, 1.54) is 12.8 Å². The first-order valence-corrected chi connectivity index (χ1v) is 7.05. The van der Waals surface area contributed by atoms with Gasteiger partial charge in [-0.3, -0.25) is 0 Å². The molecule has 1 aromatic rings. The Kier molecular flexibility index (Phi) is 4.97. The third kappa shape index (κ3) is 3.78. The summed E-state index contributed by atoms with van der Waals surface area (Å²) in [6, 6.07) is 5.52. The van der Waals surface area contributed by atoms with E-state index >= 15 is 0 Å². The van der Waals surface area contributed by atoms with Crippen molar-refractivity contribution in [3.63, 3.8) is 0 Å². The van der Waals surface area contributed by atoms with E-state index in [1.54, 1.807) is 24.3 Å². The number of halogens is 2. The predicted octanol–water partition coefficient (Wildman–Crippen LogP) is 3.22. The van der Waals surface area contributed by atoms with Crippen molar-refractivity contribution in [1.29, 1.82) is 0 Å². The summed E-state index contributed by atoms with van der Waals surface area (Å²) in [5.74, 6) is -0.458. The fourth-order valence-corrected chi connectivity index (χ4v) is 2.43. The third-order valence-electron chi connectivity index (χ3n) is 3.54. The number of rotatable bonds is 7. The maximum Gasteiger partial charge on any atom is 0.145 e. The number of nitrogens with one attached hydrogen (secondary N) is 1. The summed E-state index contributed by atoms with van der Waals surface area (Å²) in [4.78, 5) is 0. The van der Waals surface area contributed by atoms with Crippen molar-refractivity contribution in [1.82, 2.24) is 5.32 Å². The molecule has 0 heterocycles. The molecule has 1 aromatic carbocycles. The summed E-state index contributed by atoms with van der Waals surface area (Å²) >= 11 is 5.84. The van der Waals surface area contributed by atoms with Crippen LogP contribution in [0.2, 0.25) is 5.02 Å². The highest BCUT2D eigenvalue weighted by molar-refractivity contribution is 6.30. The van der Waals surface area contributed by atoms with Gasteiger partial charge in [0.2, 0.25) is 0 Å². The van der Waals surface area contributed by atoms with E-state index in [0.29, 0.717) is 24.6 Å². The van der Waals surface area contributed by atoms with Gasteiger partial charge in [-0.2, -0.15) is 0 Å². The average molecular weight is 283 g/mol. The Morgan fingerprint density at radius 2 is 2.26 bits per heavy atom. The molecule has 0 radical (unpaired) electrons. The second-order valence-corrected chi connectivity index (χ2v) is 5.53. The molecule has 0 aliphatic heterocycles. The lowest BCUT2D eigenvalue weighted by molar-refractivity contribution is 0.472. The fourth-order valence-electron chi connectivity index (χ4n) is 2.25. The summed E-state index contributed by atoms with van der Waals surface area (Å²) in [6.07, 6.45) is 4.85. The van der Waals surface area contributed by atoms with Crippen LogP contribution in [0, 0.1) is 5.82 Å². The number of allylic oxidation sites excluding steroid dienone is 1. The van der Waals surface area contributed by atoms with E-state index < -0.39 is 0 Å². The fraction of sp³-hybridized carbons (Fsp3) is 0.467. The SMILES string of the molecule is C=CCC(c1cccc(Cl)c1F)C(N)CNC1CC1. The standard InChI is InChI=1S/C15H20ClFN2/c1-2-4-11(14(18)9-19-10-7-8-10)12-5-3-6-13(16)15(12)17/h2-3,5-6,10-11,14,19H,1,4,7-9,18H2. The molecule has 1 saturated carbocycles. The largest absolute Gasteiger partial charge is 0.326 e. The van der Waals surface area contributed by atoms with Crippen LogP contribution in [0.5, 0.6) is 0 Å². The second-order valence-electron chi connectivity index (χ2n) is 5.12. The van der Waals surface area contributed by atoms with Crippen LogP contribution >= 0.6 is 11.6 Å². The highest BCUT2D eigenvalue weighted by atomic mass is 35.5. The smallest absolute Gasteiger partial charge is 0.145 e. The van der Waals surface area contributed by atoms with Crippen molar-refractivity contribution in [3.8, 4) is 0 Å². The summed E-state index contributed by atoms with van der Waals surface area (Å²) in [5.41, 5.74) is 6.79. The van der Waals surface area contributed by atoms with Crippen molar-refractivity contribution in [2.24, 2.45) is 5.73 Å². The van der Waals surface area contributed by atoms with Gasteiger partial charge in [0.05, 0.1) is 5.02 Å². The van der Waals surface area contributed by atoms with E-state index in [0.717, 1.165) is 0 Å². The lowest BCUT2D eigenvalue weighted by Crippen LogP contribution is -2.39. The van der Waals surface area contributed by atoms with E-state index in [-0.39, 0.29) is 22.8 Å². The molecular weight excluding hydrogens is 263 g/mol. The van der Waals surface area contributed by atoms with Crippen molar-refractivity contribution in [3.05, 3.63) is 47.3 Å². The first-order valence-electron chi connectivity index (χ1n) is 6.67. The highest BCUT2D eigenvalue weighted by Gasteiger charge is 2.26. The number of hydrogen-bond acceptors (Lipinski definition) is 2. The van der Waals surface area contributed by atoms with Gasteiger partial charge in [0.25, 0.3) is 0 Å². The van der Waals surface area contributed by atoms with Gasteiger partial charge < -0.3 is 11.1 Å². The number of hydrogen-bond donors (Lipinski definition) is 2. The minimum Gasteiger partial charge on any atom is -0.326 e. The maximum atomic E-state index is 14.1. The Hall–Kier alpha value is -0.900. The monoisotopic (exact) mass is 282 g/mol. The van der Waals surface area contributed by atoms with Crippen molar-refractivity contribution < 1.29 is 4.39 Å². The molecule has 4 heteroatoms. The van der Waals surface area contributed by atoms with Crippen LogP contribution in [-0.4, -0.2) is 18.6 Å². The third-order valence-corrected chi connectivity index (χ3v) is 3.83. The topological polar surface area (TPSA) is 38.0 Å². The molecule has 0 bridgehead atoms. The molecule has 0 aromatic heterocycles. The zero-order valence-electron chi connectivity index (χ0n) is 10.9. The Morgan fingerprint density at radius 1 is 1.53 bits per heavy atom. The van der Waals surface area contributed by atoms with Crippen LogP contribution in [0.15, 0.2) is 30.9 Å². The molecule has 0 spiro atoms. The van der Waals surface area contributed by atoms with Crippen molar-refractivity contribution in [2.45, 2.75) is 37.3 Å². The summed E-state index contributed by atoms with van der Waals surface area (Å²) < 4.78 is 14.1. The van der Waals surface area contributed by atoms with Crippen LogP contribution in [0.4, 0.5) is 4.39 Å². The van der Waals surface area contributed by atoms with Gasteiger partial charge in [0, 0.05) is 24.5 Å². The van der Waals surface area contributed by atoms with E-state index in [4.69, 9.17) is 17.3 Å². The van der Waals surface area contributed by atoms with Crippen LogP contribution < -0.4 is 11.1 Å². The lowest BCUT2D eigenvalue weighted by Gasteiger charge is -2.24. The maximum absolute atomic E-state index is 14.1.